The number of hydrogen-bond donors (Lipinski definition) is 2. The molecule has 1 heterocycles. The van der Waals surface area contributed by atoms with Gasteiger partial charge in [-0.2, -0.15) is 0 Å². The molecule has 1 aromatic carbocycles. The van der Waals surface area contributed by atoms with Crippen molar-refractivity contribution in [2.24, 2.45) is 0 Å². The molecule has 0 aliphatic heterocycles. The summed E-state index contributed by atoms with van der Waals surface area (Å²) in [6.07, 6.45) is 0. The minimum Gasteiger partial charge on any atom is -0.488 e. The number of aliphatic hydroxyl groups is 1. The van der Waals surface area contributed by atoms with Gasteiger partial charge in [0.05, 0.1) is 0 Å². The average Bonchev–Trinajstić information content (AvgIpc) is 2.79. The van der Waals surface area contributed by atoms with Crippen LogP contribution in [0.5, 0.6) is 5.75 Å². The smallest absolute Gasteiger partial charge is 0.349 e. The van der Waals surface area contributed by atoms with Crippen LogP contribution in [0, 0.1) is 6.92 Å². The second kappa shape index (κ2) is 5.64. The van der Waals surface area contributed by atoms with Crippen LogP contribution in [-0.4, -0.2) is 22.8 Å². The van der Waals surface area contributed by atoms with E-state index >= 15 is 0 Å². The standard InChI is InChI=1S/C15H16O4S/c1-10-8-12(13(20-10)14(16)17)19-9-15(2,18)11-6-4-3-5-7-11/h3-8,18H,9H2,1-2H3,(H,16,17). The van der Waals surface area contributed by atoms with Crippen molar-refractivity contribution in [1.82, 2.24) is 0 Å². The summed E-state index contributed by atoms with van der Waals surface area (Å²) in [7, 11) is 0. The Bertz CT molecular complexity index is 602. The highest BCUT2D eigenvalue weighted by Crippen LogP contribution is 2.30. The summed E-state index contributed by atoms with van der Waals surface area (Å²) in [6, 6.07) is 10.8. The van der Waals surface area contributed by atoms with Crippen molar-refractivity contribution in [1.29, 1.82) is 0 Å². The highest BCUT2D eigenvalue weighted by atomic mass is 32.1. The fourth-order valence-electron chi connectivity index (χ4n) is 1.85. The number of aromatic carboxylic acids is 1. The molecule has 0 saturated heterocycles. The molecule has 0 radical (unpaired) electrons. The third-order valence-corrected chi connectivity index (χ3v) is 3.94. The van der Waals surface area contributed by atoms with Gasteiger partial charge in [-0.05, 0) is 25.5 Å². The number of rotatable bonds is 5. The maximum atomic E-state index is 11.1. The van der Waals surface area contributed by atoms with Crippen molar-refractivity contribution < 1.29 is 19.7 Å². The Balaban J connectivity index is 2.14. The zero-order valence-corrected chi connectivity index (χ0v) is 12.1. The van der Waals surface area contributed by atoms with Gasteiger partial charge < -0.3 is 14.9 Å². The lowest BCUT2D eigenvalue weighted by molar-refractivity contribution is 0.00720. The SMILES string of the molecule is Cc1cc(OCC(C)(O)c2ccccc2)c(C(=O)O)s1. The Labute approximate surface area is 121 Å². The van der Waals surface area contributed by atoms with E-state index in [9.17, 15) is 9.90 Å². The van der Waals surface area contributed by atoms with Gasteiger partial charge in [-0.1, -0.05) is 30.3 Å². The zero-order chi connectivity index (χ0) is 14.8. The van der Waals surface area contributed by atoms with Gasteiger partial charge in [0.1, 0.15) is 18.0 Å². The van der Waals surface area contributed by atoms with Gasteiger partial charge in [-0.25, -0.2) is 4.79 Å². The Kier molecular flexibility index (Phi) is 4.11. The van der Waals surface area contributed by atoms with Gasteiger partial charge in [0.2, 0.25) is 0 Å². The summed E-state index contributed by atoms with van der Waals surface area (Å²) in [6.45, 7) is 3.45. The molecule has 0 aliphatic rings. The molecule has 20 heavy (non-hydrogen) atoms. The van der Waals surface area contributed by atoms with Crippen molar-refractivity contribution >= 4 is 17.3 Å². The van der Waals surface area contributed by atoms with E-state index in [1.807, 2.05) is 25.1 Å². The van der Waals surface area contributed by atoms with Crippen molar-refractivity contribution in [3.63, 3.8) is 0 Å². The van der Waals surface area contributed by atoms with Crippen LogP contribution in [0.4, 0.5) is 0 Å². The van der Waals surface area contributed by atoms with E-state index in [2.05, 4.69) is 0 Å². The number of thiophene rings is 1. The molecule has 1 atom stereocenters. The molecule has 0 bridgehead atoms. The number of ether oxygens (including phenoxy) is 1. The molecule has 106 valence electrons. The van der Waals surface area contributed by atoms with E-state index in [0.29, 0.717) is 5.75 Å². The van der Waals surface area contributed by atoms with Crippen molar-refractivity contribution in [3.8, 4) is 5.75 Å². The molecule has 0 amide bonds. The first-order valence-electron chi connectivity index (χ1n) is 6.14. The van der Waals surface area contributed by atoms with Crippen molar-refractivity contribution in [3.05, 3.63) is 51.7 Å². The maximum absolute atomic E-state index is 11.1. The molecule has 0 saturated carbocycles. The first kappa shape index (κ1) is 14.6. The quantitative estimate of drug-likeness (QED) is 0.889. The number of carboxylic acid groups (broad SMARTS) is 1. The van der Waals surface area contributed by atoms with Gasteiger partial charge >= 0.3 is 5.97 Å². The van der Waals surface area contributed by atoms with E-state index in [1.165, 1.54) is 0 Å². The summed E-state index contributed by atoms with van der Waals surface area (Å²) in [5.74, 6) is -0.714. The third-order valence-electron chi connectivity index (χ3n) is 2.92. The van der Waals surface area contributed by atoms with E-state index in [-0.39, 0.29) is 11.5 Å². The van der Waals surface area contributed by atoms with Crippen LogP contribution in [0.1, 0.15) is 27.0 Å². The second-order valence-electron chi connectivity index (χ2n) is 4.78. The Morgan fingerprint density at radius 2 is 2.00 bits per heavy atom. The first-order valence-corrected chi connectivity index (χ1v) is 6.96. The lowest BCUT2D eigenvalue weighted by atomic mass is 9.97. The van der Waals surface area contributed by atoms with Crippen LogP contribution in [0.15, 0.2) is 36.4 Å². The largest absolute Gasteiger partial charge is 0.488 e. The predicted octanol–water partition coefficient (Wildman–Crippen LogP) is 3.04. The Hall–Kier alpha value is -1.85. The lowest BCUT2D eigenvalue weighted by Gasteiger charge is -2.23. The summed E-state index contributed by atoms with van der Waals surface area (Å²) in [4.78, 5) is 12.1. The monoisotopic (exact) mass is 292 g/mol. The summed E-state index contributed by atoms with van der Waals surface area (Å²) >= 11 is 1.16. The number of carbonyl (C=O) groups is 1. The van der Waals surface area contributed by atoms with Crippen molar-refractivity contribution in [2.75, 3.05) is 6.61 Å². The van der Waals surface area contributed by atoms with Gasteiger partial charge in [-0.15, -0.1) is 11.3 Å². The van der Waals surface area contributed by atoms with E-state index in [4.69, 9.17) is 9.84 Å². The van der Waals surface area contributed by atoms with E-state index in [0.717, 1.165) is 21.8 Å². The molecule has 1 unspecified atom stereocenters. The highest BCUT2D eigenvalue weighted by Gasteiger charge is 2.25. The molecule has 1 aromatic heterocycles. The van der Waals surface area contributed by atoms with Gasteiger partial charge in [0, 0.05) is 4.88 Å². The zero-order valence-electron chi connectivity index (χ0n) is 11.3. The van der Waals surface area contributed by atoms with Crippen LogP contribution < -0.4 is 4.74 Å². The fourth-order valence-corrected chi connectivity index (χ4v) is 2.64. The molecule has 5 heteroatoms. The number of benzene rings is 1. The minimum absolute atomic E-state index is 0.00648. The van der Waals surface area contributed by atoms with Gasteiger partial charge in [0.25, 0.3) is 0 Å². The Morgan fingerprint density at radius 3 is 2.60 bits per heavy atom. The first-order chi connectivity index (χ1) is 9.40. The lowest BCUT2D eigenvalue weighted by Crippen LogP contribution is -2.29. The molecule has 4 nitrogen and oxygen atoms in total. The average molecular weight is 292 g/mol. The van der Waals surface area contributed by atoms with Gasteiger partial charge in [0.15, 0.2) is 4.88 Å². The van der Waals surface area contributed by atoms with Crippen LogP contribution in [-0.2, 0) is 5.60 Å². The van der Waals surface area contributed by atoms with E-state index < -0.39 is 11.6 Å². The number of aryl methyl sites for hydroxylation is 1. The fraction of sp³-hybridized carbons (Fsp3) is 0.267. The van der Waals surface area contributed by atoms with Crippen molar-refractivity contribution in [2.45, 2.75) is 19.4 Å². The summed E-state index contributed by atoms with van der Waals surface area (Å²) < 4.78 is 5.52. The number of carboxylic acids is 1. The molecule has 2 rings (SSSR count). The van der Waals surface area contributed by atoms with Crippen LogP contribution in [0.25, 0.3) is 0 Å². The summed E-state index contributed by atoms with van der Waals surface area (Å²) in [5, 5.41) is 19.5. The van der Waals surface area contributed by atoms with Crippen LogP contribution >= 0.6 is 11.3 Å². The summed E-state index contributed by atoms with van der Waals surface area (Å²) in [5.41, 5.74) is -0.448. The third kappa shape index (κ3) is 3.18. The van der Waals surface area contributed by atoms with Gasteiger partial charge in [-0.3, -0.25) is 0 Å². The molecular formula is C15H16O4S. The highest BCUT2D eigenvalue weighted by molar-refractivity contribution is 7.14. The topological polar surface area (TPSA) is 66.8 Å². The Morgan fingerprint density at radius 1 is 1.35 bits per heavy atom. The van der Waals surface area contributed by atoms with Crippen LogP contribution in [0.3, 0.4) is 0 Å². The normalized spacial score (nSPS) is 13.8. The molecule has 2 aromatic rings. The minimum atomic E-state index is -1.17. The predicted molar refractivity (Wildman–Crippen MR) is 77.5 cm³/mol. The second-order valence-corrected chi connectivity index (χ2v) is 6.04. The molecule has 0 fully saturated rings. The maximum Gasteiger partial charge on any atom is 0.349 e. The van der Waals surface area contributed by atoms with E-state index in [1.54, 1.807) is 25.1 Å². The molecule has 0 spiro atoms. The number of hydrogen-bond acceptors (Lipinski definition) is 4. The molecular weight excluding hydrogens is 276 g/mol. The molecule has 2 N–H and O–H groups in total. The van der Waals surface area contributed by atoms with Crippen LogP contribution in [0.2, 0.25) is 0 Å². The molecule has 0 aliphatic carbocycles.